The van der Waals surface area contributed by atoms with Crippen LogP contribution in [0, 0.1) is 0 Å². The molecule has 0 aliphatic heterocycles. The SMILES string of the molecule is COC(=O)Nc1ccc(NC(C)c2ccc3ccccc3c2)cc1. The molecule has 3 aromatic rings. The van der Waals surface area contributed by atoms with E-state index in [-0.39, 0.29) is 6.04 Å². The summed E-state index contributed by atoms with van der Waals surface area (Å²) in [6.45, 7) is 2.13. The van der Waals surface area contributed by atoms with Crippen LogP contribution in [-0.2, 0) is 4.74 Å². The molecule has 1 atom stereocenters. The van der Waals surface area contributed by atoms with Crippen molar-refractivity contribution in [2.24, 2.45) is 0 Å². The maximum atomic E-state index is 11.2. The Hall–Kier alpha value is -3.01. The molecule has 0 radical (unpaired) electrons. The van der Waals surface area contributed by atoms with E-state index in [1.54, 1.807) is 0 Å². The van der Waals surface area contributed by atoms with E-state index in [0.29, 0.717) is 5.69 Å². The van der Waals surface area contributed by atoms with Crippen molar-refractivity contribution in [1.29, 1.82) is 0 Å². The molecule has 2 N–H and O–H groups in total. The zero-order valence-electron chi connectivity index (χ0n) is 13.7. The lowest BCUT2D eigenvalue weighted by Gasteiger charge is -2.17. The molecule has 0 aliphatic carbocycles. The summed E-state index contributed by atoms with van der Waals surface area (Å²) in [5.41, 5.74) is 2.92. The van der Waals surface area contributed by atoms with E-state index >= 15 is 0 Å². The van der Waals surface area contributed by atoms with Crippen molar-refractivity contribution < 1.29 is 9.53 Å². The molecule has 0 aliphatic rings. The number of amides is 1. The van der Waals surface area contributed by atoms with Crippen molar-refractivity contribution in [2.45, 2.75) is 13.0 Å². The first-order valence-electron chi connectivity index (χ1n) is 7.86. The zero-order valence-corrected chi connectivity index (χ0v) is 13.7. The number of carbonyl (C=O) groups excluding carboxylic acids is 1. The minimum atomic E-state index is -0.472. The van der Waals surface area contributed by atoms with Crippen molar-refractivity contribution in [2.75, 3.05) is 17.7 Å². The molecule has 1 amide bonds. The van der Waals surface area contributed by atoms with Gasteiger partial charge in [-0.05, 0) is 53.6 Å². The molecule has 1 unspecified atom stereocenters. The fourth-order valence-corrected chi connectivity index (χ4v) is 2.63. The van der Waals surface area contributed by atoms with Gasteiger partial charge in [0.2, 0.25) is 0 Å². The Morgan fingerprint density at radius 2 is 1.58 bits per heavy atom. The number of nitrogens with one attached hydrogen (secondary N) is 2. The molecule has 24 heavy (non-hydrogen) atoms. The molecule has 0 fully saturated rings. The normalized spacial score (nSPS) is 11.8. The molecular formula is C20H20N2O2. The number of methoxy groups -OCH3 is 1. The molecule has 0 heterocycles. The van der Waals surface area contributed by atoms with Gasteiger partial charge in [0.15, 0.2) is 0 Å². The maximum Gasteiger partial charge on any atom is 0.411 e. The van der Waals surface area contributed by atoms with E-state index in [9.17, 15) is 4.79 Å². The van der Waals surface area contributed by atoms with E-state index in [0.717, 1.165) is 5.69 Å². The lowest BCUT2D eigenvalue weighted by molar-refractivity contribution is 0.187. The number of hydrogen-bond acceptors (Lipinski definition) is 3. The minimum absolute atomic E-state index is 0.175. The Morgan fingerprint density at radius 3 is 2.29 bits per heavy atom. The van der Waals surface area contributed by atoms with Gasteiger partial charge in [-0.15, -0.1) is 0 Å². The van der Waals surface area contributed by atoms with Crippen LogP contribution >= 0.6 is 0 Å². The monoisotopic (exact) mass is 320 g/mol. The molecule has 0 saturated heterocycles. The smallest absolute Gasteiger partial charge is 0.411 e. The molecule has 3 rings (SSSR count). The highest BCUT2D eigenvalue weighted by Crippen LogP contribution is 2.24. The van der Waals surface area contributed by atoms with Crippen molar-refractivity contribution in [3.63, 3.8) is 0 Å². The molecule has 122 valence electrons. The summed E-state index contributed by atoms with van der Waals surface area (Å²) < 4.78 is 4.58. The van der Waals surface area contributed by atoms with Gasteiger partial charge in [0.25, 0.3) is 0 Å². The van der Waals surface area contributed by atoms with E-state index in [1.165, 1.54) is 23.4 Å². The topological polar surface area (TPSA) is 50.4 Å². The molecule has 0 bridgehead atoms. The Bertz CT molecular complexity index is 844. The summed E-state index contributed by atoms with van der Waals surface area (Å²) in [7, 11) is 1.34. The van der Waals surface area contributed by atoms with Gasteiger partial charge in [0.1, 0.15) is 0 Å². The van der Waals surface area contributed by atoms with Crippen LogP contribution in [0.15, 0.2) is 66.7 Å². The van der Waals surface area contributed by atoms with Crippen LogP contribution in [0.5, 0.6) is 0 Å². The highest BCUT2D eigenvalue weighted by Gasteiger charge is 2.07. The second-order valence-corrected chi connectivity index (χ2v) is 5.67. The number of hydrogen-bond donors (Lipinski definition) is 2. The van der Waals surface area contributed by atoms with Crippen LogP contribution in [0.25, 0.3) is 10.8 Å². The summed E-state index contributed by atoms with van der Waals surface area (Å²) in [5.74, 6) is 0. The van der Waals surface area contributed by atoms with Crippen molar-refractivity contribution in [3.8, 4) is 0 Å². The van der Waals surface area contributed by atoms with Crippen molar-refractivity contribution in [3.05, 3.63) is 72.3 Å². The first kappa shape index (κ1) is 15.9. The number of fused-ring (bicyclic) bond motifs is 1. The summed E-state index contributed by atoms with van der Waals surface area (Å²) in [5, 5.41) is 8.59. The Kier molecular flexibility index (Phi) is 4.66. The number of rotatable bonds is 4. The van der Waals surface area contributed by atoms with Gasteiger partial charge >= 0.3 is 6.09 Å². The average Bonchev–Trinajstić information content (AvgIpc) is 2.62. The van der Waals surface area contributed by atoms with E-state index in [1.807, 2.05) is 30.3 Å². The second kappa shape index (κ2) is 7.04. The summed E-state index contributed by atoms with van der Waals surface area (Å²) >= 11 is 0. The molecule has 3 aromatic carbocycles. The maximum absolute atomic E-state index is 11.2. The Labute approximate surface area is 141 Å². The first-order chi connectivity index (χ1) is 11.7. The lowest BCUT2D eigenvalue weighted by Crippen LogP contribution is -2.11. The molecule has 4 heteroatoms. The van der Waals surface area contributed by atoms with Crippen LogP contribution in [-0.4, -0.2) is 13.2 Å². The number of anilines is 2. The average molecular weight is 320 g/mol. The van der Waals surface area contributed by atoms with Gasteiger partial charge in [-0.2, -0.15) is 0 Å². The van der Waals surface area contributed by atoms with Crippen molar-refractivity contribution in [1.82, 2.24) is 0 Å². The van der Waals surface area contributed by atoms with Crippen LogP contribution in [0.1, 0.15) is 18.5 Å². The summed E-state index contributed by atoms with van der Waals surface area (Å²) in [6, 6.07) is 22.6. The molecular weight excluding hydrogens is 300 g/mol. The molecule has 0 spiro atoms. The van der Waals surface area contributed by atoms with Gasteiger partial charge in [-0.3, -0.25) is 5.32 Å². The Balaban J connectivity index is 1.71. The van der Waals surface area contributed by atoms with Crippen LogP contribution in [0.4, 0.5) is 16.2 Å². The second-order valence-electron chi connectivity index (χ2n) is 5.67. The highest BCUT2D eigenvalue weighted by atomic mass is 16.5. The number of ether oxygens (including phenoxy) is 1. The van der Waals surface area contributed by atoms with Gasteiger partial charge in [0.05, 0.1) is 7.11 Å². The fraction of sp³-hybridized carbons (Fsp3) is 0.150. The predicted octanol–water partition coefficient (Wildman–Crippen LogP) is 5.19. The third kappa shape index (κ3) is 3.66. The molecule has 0 saturated carbocycles. The zero-order chi connectivity index (χ0) is 16.9. The first-order valence-corrected chi connectivity index (χ1v) is 7.86. The van der Waals surface area contributed by atoms with Crippen molar-refractivity contribution >= 4 is 28.2 Å². The van der Waals surface area contributed by atoms with Crippen LogP contribution in [0.3, 0.4) is 0 Å². The molecule has 4 nitrogen and oxygen atoms in total. The van der Waals surface area contributed by atoms with E-state index in [4.69, 9.17) is 0 Å². The minimum Gasteiger partial charge on any atom is -0.453 e. The van der Waals surface area contributed by atoms with Gasteiger partial charge in [-0.25, -0.2) is 4.79 Å². The highest BCUT2D eigenvalue weighted by molar-refractivity contribution is 5.85. The third-order valence-corrected chi connectivity index (χ3v) is 3.97. The molecule has 0 aromatic heterocycles. The fourth-order valence-electron chi connectivity index (χ4n) is 2.63. The van der Waals surface area contributed by atoms with E-state index in [2.05, 4.69) is 58.7 Å². The van der Waals surface area contributed by atoms with E-state index < -0.39 is 6.09 Å². The number of benzene rings is 3. The summed E-state index contributed by atoms with van der Waals surface area (Å²) in [6.07, 6.45) is -0.472. The predicted molar refractivity (Wildman–Crippen MR) is 98.5 cm³/mol. The third-order valence-electron chi connectivity index (χ3n) is 3.97. The lowest BCUT2D eigenvalue weighted by atomic mass is 10.0. The van der Waals surface area contributed by atoms with Crippen LogP contribution < -0.4 is 10.6 Å². The van der Waals surface area contributed by atoms with Gasteiger partial charge in [0, 0.05) is 17.4 Å². The Morgan fingerprint density at radius 1 is 0.917 bits per heavy atom. The number of carbonyl (C=O) groups is 1. The summed E-state index contributed by atoms with van der Waals surface area (Å²) in [4.78, 5) is 11.2. The largest absolute Gasteiger partial charge is 0.453 e. The van der Waals surface area contributed by atoms with Crippen LogP contribution in [0.2, 0.25) is 0 Å². The van der Waals surface area contributed by atoms with Gasteiger partial charge < -0.3 is 10.1 Å². The standard InChI is InChI=1S/C20H20N2O2/c1-14(16-8-7-15-5-3-4-6-17(15)13-16)21-18-9-11-19(12-10-18)22-20(23)24-2/h3-14,21H,1-2H3,(H,22,23). The van der Waals surface area contributed by atoms with Gasteiger partial charge in [-0.1, -0.05) is 36.4 Å². The quantitative estimate of drug-likeness (QED) is 0.695.